The van der Waals surface area contributed by atoms with Crippen molar-refractivity contribution in [3.63, 3.8) is 0 Å². The summed E-state index contributed by atoms with van der Waals surface area (Å²) in [5, 5.41) is 36.0. The monoisotopic (exact) mass is 175 g/mol. The first-order valence-corrected chi connectivity index (χ1v) is 3.39. The molecule has 1 aliphatic rings. The summed E-state index contributed by atoms with van der Waals surface area (Å²) in [5.41, 5.74) is -0.261. The second-order valence-corrected chi connectivity index (χ2v) is 2.55. The van der Waals surface area contributed by atoms with Crippen molar-refractivity contribution in [3.05, 3.63) is 11.6 Å². The number of ketones is 1. The average Bonchev–Trinajstić information content (AvgIpc) is 2.13. The second-order valence-electron chi connectivity index (χ2n) is 2.55. The van der Waals surface area contributed by atoms with Gasteiger partial charge < -0.3 is 20.4 Å². The Balaban J connectivity index is 3.10. The molecule has 12 heavy (non-hydrogen) atoms. The van der Waals surface area contributed by atoms with Gasteiger partial charge in [0.15, 0.2) is 5.78 Å². The highest BCUT2D eigenvalue weighted by Crippen LogP contribution is 2.16. The zero-order valence-corrected chi connectivity index (χ0v) is 6.14. The fraction of sp³-hybridized carbons (Fsp3) is 0.571. The van der Waals surface area contributed by atoms with E-state index in [1.807, 2.05) is 0 Å². The molecule has 0 heterocycles. The highest BCUT2D eigenvalue weighted by molar-refractivity contribution is 5.95. The van der Waals surface area contributed by atoms with Crippen LogP contribution in [0.15, 0.2) is 11.6 Å². The lowest BCUT2D eigenvalue weighted by molar-refractivity contribution is -0.134. The van der Waals surface area contributed by atoms with Gasteiger partial charge in [0.25, 0.3) is 0 Å². The molecule has 5 nitrogen and oxygen atoms in total. The maximum Gasteiger partial charge on any atom is 0.187 e. The van der Waals surface area contributed by atoms with E-state index >= 15 is 0 Å². The maximum absolute atomic E-state index is 11.0. The van der Waals surface area contributed by atoms with Crippen LogP contribution in [-0.2, 0) is 4.79 Å². The van der Waals surface area contributed by atoms with Crippen LogP contribution in [0.2, 0.25) is 0 Å². The molecule has 0 aromatic rings. The lowest BCUT2D eigenvalue weighted by atomic mass is 9.91. The van der Waals surface area contributed by atoms with Crippen molar-refractivity contribution in [2.24, 2.45) is 0 Å². The van der Waals surface area contributed by atoms with Gasteiger partial charge in [-0.1, -0.05) is 0 Å². The Hall–Kier alpha value is -0.750. The van der Waals surface area contributed by atoms with Crippen molar-refractivity contribution >= 4 is 5.78 Å². The second kappa shape index (κ2) is 3.32. The number of aliphatic hydroxyl groups is 4. The van der Waals surface area contributed by atoms with E-state index < -0.39 is 36.8 Å². The highest BCUT2D eigenvalue weighted by Gasteiger charge is 2.35. The largest absolute Gasteiger partial charge is 0.392 e. The molecule has 0 spiro atoms. The molecule has 0 unspecified atom stereocenters. The first-order chi connectivity index (χ1) is 6.00. The Bertz CT molecular complexity index is 262. The van der Waals surface area contributed by atoms with Crippen LogP contribution in [0.4, 0.5) is 0 Å². The maximum atomic E-state index is 11.0. The van der Waals surface area contributed by atoms with Crippen LogP contribution in [0.1, 0.15) is 1.37 Å². The Labute approximate surface area is 70.0 Å². The van der Waals surface area contributed by atoms with E-state index in [1.54, 1.807) is 0 Å². The summed E-state index contributed by atoms with van der Waals surface area (Å²) in [4.78, 5) is 11.0. The molecule has 1 aliphatic carbocycles. The van der Waals surface area contributed by atoms with Gasteiger partial charge in [0, 0.05) is 0 Å². The zero-order valence-electron chi connectivity index (χ0n) is 7.14. The molecule has 0 radical (unpaired) electrons. The van der Waals surface area contributed by atoms with E-state index in [-0.39, 0.29) is 5.57 Å². The van der Waals surface area contributed by atoms with Gasteiger partial charge in [-0.25, -0.2) is 0 Å². The lowest BCUT2D eigenvalue weighted by Gasteiger charge is -2.26. The minimum absolute atomic E-state index is 0.261. The third-order valence-corrected chi connectivity index (χ3v) is 1.73. The standard InChI is InChI=1S/C7H10O5/c8-2-3-1-4(9)6(11)7(12)5(3)10/h1,5-8,10-12H,2H2/t5-,6+,7+/m1/s1/i1D. The quantitative estimate of drug-likeness (QED) is 0.355. The van der Waals surface area contributed by atoms with Crippen molar-refractivity contribution in [2.45, 2.75) is 18.3 Å². The van der Waals surface area contributed by atoms with Gasteiger partial charge in [-0.05, 0) is 11.6 Å². The van der Waals surface area contributed by atoms with Crippen molar-refractivity contribution in [2.75, 3.05) is 6.61 Å². The van der Waals surface area contributed by atoms with Crippen LogP contribution >= 0.6 is 0 Å². The van der Waals surface area contributed by atoms with Gasteiger partial charge in [-0.15, -0.1) is 0 Å². The number of carbonyl (C=O) groups excluding carboxylic acids is 1. The molecule has 1 rings (SSSR count). The molecule has 0 fully saturated rings. The molecule has 0 aliphatic heterocycles. The number of hydrogen-bond donors (Lipinski definition) is 4. The average molecular weight is 175 g/mol. The van der Waals surface area contributed by atoms with Crippen LogP contribution in [0.25, 0.3) is 0 Å². The van der Waals surface area contributed by atoms with Crippen LogP contribution in [-0.4, -0.2) is 51.1 Å². The number of rotatable bonds is 1. The SMILES string of the molecule is [2H]C1=C(CO)[C@@H](O)[C@H](O)[C@@H](O)C1=O. The summed E-state index contributed by atoms with van der Waals surface area (Å²) in [6, 6.07) is -0.632. The van der Waals surface area contributed by atoms with Crippen LogP contribution in [0.3, 0.4) is 0 Å². The molecule has 0 saturated carbocycles. The smallest absolute Gasteiger partial charge is 0.187 e. The Kier molecular flexibility index (Phi) is 2.18. The molecule has 68 valence electrons. The van der Waals surface area contributed by atoms with Gasteiger partial charge >= 0.3 is 0 Å². The van der Waals surface area contributed by atoms with Crippen LogP contribution < -0.4 is 0 Å². The van der Waals surface area contributed by atoms with Crippen molar-refractivity contribution < 1.29 is 26.6 Å². The summed E-state index contributed by atoms with van der Waals surface area (Å²) in [7, 11) is 0. The lowest BCUT2D eigenvalue weighted by Crippen LogP contribution is -2.46. The number of carbonyl (C=O) groups is 1. The molecule has 3 atom stereocenters. The summed E-state index contributed by atoms with van der Waals surface area (Å²) < 4.78 is 7.13. The van der Waals surface area contributed by atoms with Gasteiger partial charge in [0.2, 0.25) is 0 Å². The zero-order chi connectivity index (χ0) is 10.2. The van der Waals surface area contributed by atoms with Crippen molar-refractivity contribution in [1.29, 1.82) is 0 Å². The molecular formula is C7H10O5. The third-order valence-electron chi connectivity index (χ3n) is 1.73. The summed E-state index contributed by atoms with van der Waals surface area (Å²) in [6.07, 6.45) is -4.99. The normalized spacial score (nSPS) is 38.5. The molecule has 4 N–H and O–H groups in total. The summed E-state index contributed by atoms with van der Waals surface area (Å²) >= 11 is 0. The molecule has 0 aromatic heterocycles. The van der Waals surface area contributed by atoms with E-state index in [0.717, 1.165) is 0 Å². The highest BCUT2D eigenvalue weighted by atomic mass is 16.4. The fourth-order valence-corrected chi connectivity index (χ4v) is 0.973. The van der Waals surface area contributed by atoms with E-state index in [9.17, 15) is 9.90 Å². The first-order valence-electron chi connectivity index (χ1n) is 3.89. The molecule has 0 amide bonds. The summed E-state index contributed by atoms with van der Waals surface area (Å²) in [6.45, 7) is -0.685. The minimum Gasteiger partial charge on any atom is -0.392 e. The van der Waals surface area contributed by atoms with Gasteiger partial charge in [-0.3, -0.25) is 4.79 Å². The van der Waals surface area contributed by atoms with Gasteiger partial charge in [-0.2, -0.15) is 0 Å². The van der Waals surface area contributed by atoms with E-state index in [1.165, 1.54) is 0 Å². The Morgan fingerprint density at radius 1 is 1.42 bits per heavy atom. The molecular weight excluding hydrogens is 164 g/mol. The number of hydrogen-bond acceptors (Lipinski definition) is 5. The Morgan fingerprint density at radius 2 is 2.00 bits per heavy atom. The number of aliphatic hydroxyl groups excluding tert-OH is 4. The predicted octanol–water partition coefficient (Wildman–Crippen LogP) is -2.43. The van der Waals surface area contributed by atoms with E-state index in [0.29, 0.717) is 0 Å². The van der Waals surface area contributed by atoms with Crippen molar-refractivity contribution in [1.82, 2.24) is 0 Å². The van der Waals surface area contributed by atoms with Crippen molar-refractivity contribution in [3.8, 4) is 0 Å². The first kappa shape index (κ1) is 7.88. The fourth-order valence-electron chi connectivity index (χ4n) is 0.973. The van der Waals surface area contributed by atoms with E-state index in [4.69, 9.17) is 16.7 Å². The minimum atomic E-state index is -1.78. The molecule has 0 aromatic carbocycles. The summed E-state index contributed by atoms with van der Waals surface area (Å²) in [5.74, 6) is -0.984. The molecule has 0 saturated heterocycles. The van der Waals surface area contributed by atoms with E-state index in [2.05, 4.69) is 0 Å². The van der Waals surface area contributed by atoms with Gasteiger partial charge in [0.05, 0.1) is 7.98 Å². The van der Waals surface area contributed by atoms with Gasteiger partial charge in [0.1, 0.15) is 18.3 Å². The Morgan fingerprint density at radius 3 is 2.50 bits per heavy atom. The molecule has 5 heteroatoms. The third kappa shape index (κ3) is 1.39. The molecule has 0 bridgehead atoms. The van der Waals surface area contributed by atoms with Crippen LogP contribution in [0.5, 0.6) is 0 Å². The van der Waals surface area contributed by atoms with Crippen LogP contribution in [0, 0.1) is 0 Å². The topological polar surface area (TPSA) is 98.0 Å². The predicted molar refractivity (Wildman–Crippen MR) is 38.2 cm³/mol.